The van der Waals surface area contributed by atoms with Gasteiger partial charge in [0.2, 0.25) is 0 Å². The molecule has 0 aromatic heterocycles. The van der Waals surface area contributed by atoms with Gasteiger partial charge in [-0.2, -0.15) is 0 Å². The van der Waals surface area contributed by atoms with Crippen LogP contribution in [0.25, 0.3) is 11.1 Å². The smallest absolute Gasteiger partial charge is 0.457 e. The second kappa shape index (κ2) is 10.1. The Kier molecular flexibility index (Phi) is 7.46. The fourth-order valence-corrected chi connectivity index (χ4v) is 4.79. The molecule has 0 radical (unpaired) electrons. The molecule has 1 atom stereocenters. The number of hydrogen-bond acceptors (Lipinski definition) is 6. The molecule has 1 aliphatic carbocycles. The summed E-state index contributed by atoms with van der Waals surface area (Å²) in [6, 6.07) is 15.4. The maximum Gasteiger partial charge on any atom is 0.457 e. The minimum absolute atomic E-state index is 0.0668. The zero-order valence-corrected chi connectivity index (χ0v) is 22.9. The number of benzene rings is 2. The van der Waals surface area contributed by atoms with Crippen molar-refractivity contribution in [1.29, 1.82) is 0 Å². The zero-order valence-electron chi connectivity index (χ0n) is 22.9. The highest BCUT2D eigenvalue weighted by Gasteiger charge is 2.51. The molecule has 1 amide bonds. The van der Waals surface area contributed by atoms with Crippen molar-refractivity contribution in [3.05, 3.63) is 59.7 Å². The van der Waals surface area contributed by atoms with Gasteiger partial charge in [-0.25, -0.2) is 9.59 Å². The van der Waals surface area contributed by atoms with E-state index in [1.54, 1.807) is 20.8 Å². The molecule has 2 aromatic rings. The van der Waals surface area contributed by atoms with E-state index in [1.165, 1.54) is 0 Å². The lowest BCUT2D eigenvalue weighted by molar-refractivity contribution is -0.157. The van der Waals surface area contributed by atoms with Crippen LogP contribution in [0.2, 0.25) is 6.32 Å². The van der Waals surface area contributed by atoms with Gasteiger partial charge in [0.05, 0.1) is 11.2 Å². The van der Waals surface area contributed by atoms with E-state index >= 15 is 0 Å². The Balaban J connectivity index is 1.41. The number of carbonyl (C=O) groups is 2. The van der Waals surface area contributed by atoms with Gasteiger partial charge < -0.3 is 24.1 Å². The maximum absolute atomic E-state index is 13.0. The van der Waals surface area contributed by atoms with Gasteiger partial charge in [-0.3, -0.25) is 0 Å². The van der Waals surface area contributed by atoms with Crippen LogP contribution in [0.3, 0.4) is 0 Å². The lowest BCUT2D eigenvalue weighted by Gasteiger charge is -2.32. The first-order valence-corrected chi connectivity index (χ1v) is 13.0. The van der Waals surface area contributed by atoms with Crippen molar-refractivity contribution in [2.24, 2.45) is 0 Å². The van der Waals surface area contributed by atoms with Gasteiger partial charge in [0.15, 0.2) is 0 Å². The van der Waals surface area contributed by atoms with Crippen molar-refractivity contribution < 1.29 is 28.4 Å². The van der Waals surface area contributed by atoms with Gasteiger partial charge in [0.25, 0.3) is 0 Å². The summed E-state index contributed by atoms with van der Waals surface area (Å²) in [6.07, 6.45) is 0.0442. The van der Waals surface area contributed by atoms with E-state index in [0.29, 0.717) is 6.32 Å². The third kappa shape index (κ3) is 6.02. The monoisotopic (exact) mass is 507 g/mol. The fraction of sp³-hybridized carbons (Fsp3) is 0.517. The van der Waals surface area contributed by atoms with Crippen LogP contribution >= 0.6 is 0 Å². The van der Waals surface area contributed by atoms with E-state index in [4.69, 9.17) is 18.8 Å². The normalized spacial score (nSPS) is 18.6. The summed E-state index contributed by atoms with van der Waals surface area (Å²) >= 11 is 0. The zero-order chi connectivity index (χ0) is 27.0. The second-order valence-corrected chi connectivity index (χ2v) is 11.8. The summed E-state index contributed by atoms with van der Waals surface area (Å²) in [6.45, 7) is 13.5. The Labute approximate surface area is 220 Å². The van der Waals surface area contributed by atoms with Gasteiger partial charge in [-0.1, -0.05) is 48.5 Å². The predicted octanol–water partition coefficient (Wildman–Crippen LogP) is 5.72. The maximum atomic E-state index is 13.0. The average Bonchev–Trinajstić information content (AvgIpc) is 3.23. The number of esters is 1. The molecule has 1 aliphatic heterocycles. The summed E-state index contributed by atoms with van der Waals surface area (Å²) in [5, 5.41) is 2.73. The van der Waals surface area contributed by atoms with Crippen LogP contribution in [0, 0.1) is 0 Å². The van der Waals surface area contributed by atoms with Crippen LogP contribution in [0.15, 0.2) is 48.5 Å². The SMILES string of the molecule is CC(C)(C)OC(=O)[C@@H](CCB1OC(C)(C)C(C)(C)O1)NC(=O)OCC1c2ccccc2-c2ccccc21. The number of fused-ring (bicyclic) bond motifs is 3. The topological polar surface area (TPSA) is 83.1 Å². The summed E-state index contributed by atoms with van der Waals surface area (Å²) in [4.78, 5) is 25.9. The van der Waals surface area contributed by atoms with E-state index < -0.39 is 42.0 Å². The van der Waals surface area contributed by atoms with E-state index in [0.717, 1.165) is 22.3 Å². The summed E-state index contributed by atoms with van der Waals surface area (Å²) in [5.74, 6) is -0.583. The quantitative estimate of drug-likeness (QED) is 0.382. The fourth-order valence-electron chi connectivity index (χ4n) is 4.79. The van der Waals surface area contributed by atoms with E-state index in [-0.39, 0.29) is 18.9 Å². The number of hydrogen-bond donors (Lipinski definition) is 1. The number of alkyl carbamates (subject to hydrolysis) is 1. The molecule has 0 saturated carbocycles. The summed E-state index contributed by atoms with van der Waals surface area (Å²) in [5.41, 5.74) is 2.92. The van der Waals surface area contributed by atoms with Crippen LogP contribution in [-0.4, -0.2) is 48.6 Å². The van der Waals surface area contributed by atoms with Crippen LogP contribution in [0.1, 0.15) is 71.9 Å². The summed E-state index contributed by atoms with van der Waals surface area (Å²) in [7, 11) is -0.487. The molecule has 2 aromatic carbocycles. The number of amides is 1. The number of nitrogens with one attached hydrogen (secondary N) is 1. The highest BCUT2D eigenvalue weighted by molar-refractivity contribution is 6.45. The molecule has 2 aliphatic rings. The third-order valence-corrected chi connectivity index (χ3v) is 7.32. The van der Waals surface area contributed by atoms with Gasteiger partial charge >= 0.3 is 19.2 Å². The number of carbonyl (C=O) groups excluding carboxylic acids is 2. The van der Waals surface area contributed by atoms with Crippen molar-refractivity contribution in [2.45, 2.75) is 90.0 Å². The lowest BCUT2D eigenvalue weighted by Crippen LogP contribution is -2.45. The summed E-state index contributed by atoms with van der Waals surface area (Å²) < 4.78 is 23.4. The molecule has 0 unspecified atom stereocenters. The van der Waals surface area contributed by atoms with Crippen molar-refractivity contribution in [1.82, 2.24) is 5.32 Å². The largest absolute Gasteiger partial charge is 0.458 e. The molecule has 1 N–H and O–H groups in total. The van der Waals surface area contributed by atoms with Crippen molar-refractivity contribution in [2.75, 3.05) is 6.61 Å². The molecule has 198 valence electrons. The predicted molar refractivity (Wildman–Crippen MR) is 143 cm³/mol. The molecule has 7 nitrogen and oxygen atoms in total. The molecule has 1 fully saturated rings. The lowest BCUT2D eigenvalue weighted by atomic mass is 9.81. The first kappa shape index (κ1) is 27.2. The van der Waals surface area contributed by atoms with Crippen LogP contribution in [0.4, 0.5) is 4.79 Å². The van der Waals surface area contributed by atoms with Gasteiger partial charge in [-0.05, 0) is 83.5 Å². The highest BCUT2D eigenvalue weighted by Crippen LogP contribution is 2.44. The van der Waals surface area contributed by atoms with Crippen LogP contribution in [-0.2, 0) is 23.6 Å². The van der Waals surface area contributed by atoms with E-state index in [9.17, 15) is 9.59 Å². The minimum Gasteiger partial charge on any atom is -0.458 e. The van der Waals surface area contributed by atoms with E-state index in [2.05, 4.69) is 29.6 Å². The molecular formula is C29H38BNO6. The molecule has 1 saturated heterocycles. The molecule has 1 heterocycles. The molecular weight excluding hydrogens is 469 g/mol. The van der Waals surface area contributed by atoms with Crippen LogP contribution in [0.5, 0.6) is 0 Å². The van der Waals surface area contributed by atoms with Gasteiger partial charge in [-0.15, -0.1) is 0 Å². The molecule has 37 heavy (non-hydrogen) atoms. The molecule has 0 spiro atoms. The molecule has 0 bridgehead atoms. The third-order valence-electron chi connectivity index (χ3n) is 7.32. The van der Waals surface area contributed by atoms with Crippen LogP contribution < -0.4 is 5.32 Å². The Morgan fingerprint density at radius 3 is 1.97 bits per heavy atom. The Morgan fingerprint density at radius 1 is 0.946 bits per heavy atom. The van der Waals surface area contributed by atoms with Gasteiger partial charge in [0, 0.05) is 5.92 Å². The molecule has 8 heteroatoms. The number of rotatable bonds is 7. The molecule has 4 rings (SSSR count). The Morgan fingerprint density at radius 2 is 1.46 bits per heavy atom. The Hall–Kier alpha value is -2.84. The second-order valence-electron chi connectivity index (χ2n) is 11.8. The minimum atomic E-state index is -0.895. The van der Waals surface area contributed by atoms with Crippen molar-refractivity contribution in [3.63, 3.8) is 0 Å². The number of ether oxygens (including phenoxy) is 2. The highest BCUT2D eigenvalue weighted by atomic mass is 16.7. The Bertz CT molecular complexity index is 1090. The van der Waals surface area contributed by atoms with Gasteiger partial charge in [0.1, 0.15) is 18.2 Å². The first-order valence-electron chi connectivity index (χ1n) is 13.0. The van der Waals surface area contributed by atoms with E-state index in [1.807, 2.05) is 52.0 Å². The van der Waals surface area contributed by atoms with Crippen molar-refractivity contribution in [3.8, 4) is 11.1 Å². The standard InChI is InChI=1S/C29H38BNO6/c1-27(2,3)35-25(32)24(16-17-30-36-28(4,5)29(6,7)37-30)31-26(33)34-18-23-21-14-10-8-12-19(21)20-13-9-11-15-22(20)23/h8-15,23-24H,16-18H2,1-7H3,(H,31,33)/t24-/m1/s1. The average molecular weight is 507 g/mol. The first-order chi connectivity index (χ1) is 17.3. The van der Waals surface area contributed by atoms with Crippen molar-refractivity contribution >= 4 is 19.2 Å².